The van der Waals surface area contributed by atoms with Gasteiger partial charge < -0.3 is 24.4 Å². The number of carbonyl (C=O) groups excluding carboxylic acids is 2. The molecule has 8 nitrogen and oxygen atoms in total. The number of ether oxygens (including phenoxy) is 1. The van der Waals surface area contributed by atoms with E-state index in [0.717, 1.165) is 35.1 Å². The summed E-state index contributed by atoms with van der Waals surface area (Å²) in [7, 11) is 0. The van der Waals surface area contributed by atoms with Gasteiger partial charge in [-0.15, -0.1) is 0 Å². The van der Waals surface area contributed by atoms with Crippen molar-refractivity contribution in [2.24, 2.45) is 0 Å². The van der Waals surface area contributed by atoms with E-state index in [4.69, 9.17) is 20.8 Å². The molecule has 0 bridgehead atoms. The van der Waals surface area contributed by atoms with E-state index in [-0.39, 0.29) is 12.4 Å². The second kappa shape index (κ2) is 8.66. The molecular weight excluding hydrogens is 488 g/mol. The van der Waals surface area contributed by atoms with Crippen molar-refractivity contribution in [1.29, 1.82) is 0 Å². The lowest BCUT2D eigenvalue weighted by atomic mass is 9.78. The summed E-state index contributed by atoms with van der Waals surface area (Å²) < 4.78 is 11.5. The van der Waals surface area contributed by atoms with E-state index in [9.17, 15) is 9.59 Å². The Morgan fingerprint density at radius 3 is 3.03 bits per heavy atom. The second-order valence-corrected chi connectivity index (χ2v) is 9.83. The Morgan fingerprint density at radius 2 is 2.17 bits per heavy atom. The van der Waals surface area contributed by atoms with Crippen molar-refractivity contribution < 1.29 is 18.7 Å². The van der Waals surface area contributed by atoms with Crippen LogP contribution in [-0.4, -0.2) is 33.3 Å². The first kappa shape index (κ1) is 22.1. The van der Waals surface area contributed by atoms with Crippen molar-refractivity contribution in [2.45, 2.75) is 42.4 Å². The lowest BCUT2D eigenvalue weighted by Gasteiger charge is -2.31. The van der Waals surface area contributed by atoms with Crippen LogP contribution < -0.4 is 5.32 Å². The average molecular weight is 509 g/mol. The highest BCUT2D eigenvalue weighted by Crippen LogP contribution is 2.47. The third-order valence-corrected chi connectivity index (χ3v) is 7.27. The fourth-order valence-corrected chi connectivity index (χ4v) is 5.68. The van der Waals surface area contributed by atoms with Crippen LogP contribution in [0.5, 0.6) is 0 Å². The highest BCUT2D eigenvalue weighted by molar-refractivity contribution is 7.99. The minimum atomic E-state index is -0.438. The van der Waals surface area contributed by atoms with Crippen molar-refractivity contribution in [3.8, 4) is 0 Å². The third kappa shape index (κ3) is 3.84. The van der Waals surface area contributed by atoms with E-state index in [0.29, 0.717) is 44.4 Å². The van der Waals surface area contributed by atoms with Crippen molar-refractivity contribution in [3.05, 3.63) is 69.8 Å². The van der Waals surface area contributed by atoms with Gasteiger partial charge in [0, 0.05) is 34.5 Å². The number of fused-ring (bicyclic) bond motifs is 2. The van der Waals surface area contributed by atoms with Gasteiger partial charge in [0.2, 0.25) is 0 Å². The quantitative estimate of drug-likeness (QED) is 0.282. The largest absolute Gasteiger partial charge is 0.461 e. The van der Waals surface area contributed by atoms with Crippen LogP contribution in [-0.2, 0) is 9.53 Å². The van der Waals surface area contributed by atoms with Gasteiger partial charge in [-0.05, 0) is 61.9 Å². The molecule has 178 valence electrons. The Morgan fingerprint density at radius 1 is 1.29 bits per heavy atom. The molecule has 3 aromatic heterocycles. The van der Waals surface area contributed by atoms with Gasteiger partial charge in [-0.1, -0.05) is 11.6 Å². The van der Waals surface area contributed by atoms with Gasteiger partial charge in [0.05, 0.1) is 29.2 Å². The Hall–Kier alpha value is -3.43. The maximum absolute atomic E-state index is 13.0. The number of aromatic amines is 2. The third-order valence-electron chi connectivity index (χ3n) is 6.23. The summed E-state index contributed by atoms with van der Waals surface area (Å²) in [5.41, 5.74) is 4.96. The summed E-state index contributed by atoms with van der Waals surface area (Å²) in [6, 6.07) is 9.23. The summed E-state index contributed by atoms with van der Waals surface area (Å²) in [5, 5.41) is 5.28. The summed E-state index contributed by atoms with van der Waals surface area (Å²) in [4.78, 5) is 36.4. The maximum atomic E-state index is 13.0. The van der Waals surface area contributed by atoms with Crippen molar-refractivity contribution in [2.75, 3.05) is 11.9 Å². The highest BCUT2D eigenvalue weighted by Gasteiger charge is 2.39. The second-order valence-electron chi connectivity index (χ2n) is 8.40. The van der Waals surface area contributed by atoms with Crippen molar-refractivity contribution in [3.63, 3.8) is 0 Å². The van der Waals surface area contributed by atoms with E-state index < -0.39 is 11.9 Å². The summed E-state index contributed by atoms with van der Waals surface area (Å²) in [6.07, 6.45) is 3.74. The van der Waals surface area contributed by atoms with Crippen molar-refractivity contribution in [1.82, 2.24) is 15.0 Å². The number of halogens is 1. The monoisotopic (exact) mass is 508 g/mol. The van der Waals surface area contributed by atoms with Crippen LogP contribution in [0.15, 0.2) is 62.5 Å². The number of nitrogens with zero attached hydrogens (tertiary/aromatic N) is 1. The number of imidazole rings is 1. The standard InChI is InChI=1S/C25H21ClN4O4S/c1-2-33-24(32)23-22-13(11-27-23)20(21-15(28-22)4-3-5-17(21)31)18-8-9-19(34-18)35-25-29-14-7-6-12(26)10-16(14)30-25/h6-11,20,27-28H,2-5H2,1H3,(H,29,30). The number of Topliss-reactive ketones (excluding diaryl/α,β-unsaturated/α-hetero) is 1. The molecule has 1 aliphatic carbocycles. The van der Waals surface area contributed by atoms with Crippen LogP contribution in [0.25, 0.3) is 11.0 Å². The van der Waals surface area contributed by atoms with Crippen LogP contribution >= 0.6 is 23.4 Å². The highest BCUT2D eigenvalue weighted by atomic mass is 35.5. The number of rotatable bonds is 5. The first-order valence-corrected chi connectivity index (χ1v) is 12.6. The van der Waals surface area contributed by atoms with Crippen LogP contribution in [0.4, 0.5) is 5.69 Å². The number of aromatic nitrogens is 3. The van der Waals surface area contributed by atoms with Crippen LogP contribution in [0.3, 0.4) is 0 Å². The molecule has 0 fully saturated rings. The Balaban J connectivity index is 1.37. The minimum Gasteiger partial charge on any atom is -0.461 e. The van der Waals surface area contributed by atoms with Gasteiger partial charge in [0.25, 0.3) is 0 Å². The number of allylic oxidation sites excluding steroid dienone is 2. The normalized spacial score (nSPS) is 17.3. The molecule has 0 saturated heterocycles. The Kier molecular flexibility index (Phi) is 5.46. The molecule has 1 atom stereocenters. The molecule has 0 spiro atoms. The van der Waals surface area contributed by atoms with Crippen LogP contribution in [0.1, 0.15) is 53.9 Å². The van der Waals surface area contributed by atoms with Crippen molar-refractivity contribution >= 4 is 51.8 Å². The first-order valence-electron chi connectivity index (χ1n) is 11.4. The van der Waals surface area contributed by atoms with Gasteiger partial charge in [-0.2, -0.15) is 0 Å². The lowest BCUT2D eigenvalue weighted by Crippen LogP contribution is -2.26. The SMILES string of the molecule is CCOC(=O)c1[nH]cc2c1NC1=C(C(=O)CCC1)C2c1ccc(Sc2nc3ccc(Cl)cc3[nH]2)o1. The molecule has 0 amide bonds. The van der Waals surface area contributed by atoms with Crippen LogP contribution in [0.2, 0.25) is 5.02 Å². The van der Waals surface area contributed by atoms with E-state index >= 15 is 0 Å². The molecule has 1 unspecified atom stereocenters. The topological polar surface area (TPSA) is 113 Å². The summed E-state index contributed by atoms with van der Waals surface area (Å²) in [6.45, 7) is 2.04. The predicted molar refractivity (Wildman–Crippen MR) is 132 cm³/mol. The molecular formula is C25H21ClN4O4S. The average Bonchev–Trinajstić information content (AvgIpc) is 3.56. The zero-order valence-corrected chi connectivity index (χ0v) is 20.3. The van der Waals surface area contributed by atoms with Gasteiger partial charge in [-0.25, -0.2) is 9.78 Å². The molecule has 0 saturated carbocycles. The fraction of sp³-hybridized carbons (Fsp3) is 0.240. The molecule has 3 N–H and O–H groups in total. The lowest BCUT2D eigenvalue weighted by molar-refractivity contribution is -0.116. The number of esters is 1. The predicted octanol–water partition coefficient (Wildman–Crippen LogP) is 6.03. The number of hydrogen-bond donors (Lipinski definition) is 3. The number of anilines is 1. The Bertz CT molecular complexity index is 1510. The number of carbonyl (C=O) groups is 2. The number of nitrogens with one attached hydrogen (secondary N) is 3. The molecule has 1 aliphatic heterocycles. The van der Waals surface area contributed by atoms with Gasteiger partial charge >= 0.3 is 5.97 Å². The maximum Gasteiger partial charge on any atom is 0.356 e. The number of ketones is 1. The van der Waals surface area contributed by atoms with E-state index in [1.807, 2.05) is 24.3 Å². The summed E-state index contributed by atoms with van der Waals surface area (Å²) in [5.74, 6) is -0.135. The van der Waals surface area contributed by atoms with E-state index in [2.05, 4.69) is 20.3 Å². The summed E-state index contributed by atoms with van der Waals surface area (Å²) >= 11 is 7.44. The molecule has 2 aliphatic rings. The van der Waals surface area contributed by atoms with Gasteiger partial charge in [0.1, 0.15) is 11.5 Å². The zero-order valence-electron chi connectivity index (χ0n) is 18.7. The molecule has 0 radical (unpaired) electrons. The number of benzene rings is 1. The van der Waals surface area contributed by atoms with E-state index in [1.54, 1.807) is 19.2 Å². The first-order chi connectivity index (χ1) is 17.0. The minimum absolute atomic E-state index is 0.0908. The molecule has 4 aromatic rings. The number of H-pyrrole nitrogens is 2. The zero-order chi connectivity index (χ0) is 24.1. The number of furan rings is 1. The Labute approximate surface area is 209 Å². The fourth-order valence-electron chi connectivity index (χ4n) is 4.74. The van der Waals surface area contributed by atoms with E-state index in [1.165, 1.54) is 11.8 Å². The smallest absolute Gasteiger partial charge is 0.356 e. The molecule has 10 heteroatoms. The molecule has 35 heavy (non-hydrogen) atoms. The number of hydrogen-bond acceptors (Lipinski definition) is 7. The molecule has 6 rings (SSSR count). The molecule has 1 aromatic carbocycles. The van der Waals surface area contributed by atoms with Gasteiger partial charge in [-0.3, -0.25) is 4.79 Å². The van der Waals surface area contributed by atoms with Crippen LogP contribution in [0, 0.1) is 0 Å². The molecule has 4 heterocycles. The van der Waals surface area contributed by atoms with Gasteiger partial charge in [0.15, 0.2) is 16.0 Å².